The van der Waals surface area contributed by atoms with Crippen LogP contribution >= 0.6 is 0 Å². The van der Waals surface area contributed by atoms with Crippen molar-refractivity contribution in [2.45, 2.75) is 50.6 Å². The predicted octanol–water partition coefficient (Wildman–Crippen LogP) is 5.72. The van der Waals surface area contributed by atoms with Crippen LogP contribution < -0.4 is 0 Å². The lowest BCUT2D eigenvalue weighted by atomic mass is 9.90. The monoisotopic (exact) mass is 497 g/mol. The minimum atomic E-state index is -0.430. The molecule has 0 aliphatic carbocycles. The highest BCUT2D eigenvalue weighted by Crippen LogP contribution is 2.30. The Kier molecular flexibility index (Phi) is 9.83. The molecule has 3 aromatic carbocycles. The molecule has 1 heterocycles. The van der Waals surface area contributed by atoms with E-state index in [2.05, 4.69) is 13.2 Å². The fraction of sp³-hybridized carbons (Fsp3) is 0.281. The summed E-state index contributed by atoms with van der Waals surface area (Å²) in [5.74, 6) is -0.157. The molecule has 37 heavy (non-hydrogen) atoms. The standard InChI is InChI=1S/C32H35NO4/c1-3-14-28-31(36-23-26-17-10-6-11-18-26)32(37-24-27-19-12-7-13-20-27)29(21-33(28)30(34)4-2)35-22-25-15-8-5-9-16-25/h3-13,15-20,28-29,31-32H,1-2,14,21-24H2/t28-,29+,31-,32-/m0/s1. The Labute approximate surface area is 220 Å². The number of piperidine rings is 1. The third-order valence-corrected chi connectivity index (χ3v) is 6.59. The van der Waals surface area contributed by atoms with Gasteiger partial charge in [-0.1, -0.05) is 104 Å². The normalized spacial score (nSPS) is 21.4. The summed E-state index contributed by atoms with van der Waals surface area (Å²) >= 11 is 0. The van der Waals surface area contributed by atoms with Gasteiger partial charge in [0.2, 0.25) is 5.91 Å². The minimum Gasteiger partial charge on any atom is -0.369 e. The molecule has 1 saturated heterocycles. The summed E-state index contributed by atoms with van der Waals surface area (Å²) in [6.45, 7) is 9.27. The SMILES string of the molecule is C=CC[C@H]1[C@H](OCc2ccccc2)[C@@H](OCc2ccccc2)[C@H](OCc2ccccc2)CN1C(=O)C=C. The van der Waals surface area contributed by atoms with Gasteiger partial charge in [-0.15, -0.1) is 6.58 Å². The summed E-state index contributed by atoms with van der Waals surface area (Å²) in [6, 6.07) is 29.8. The number of rotatable bonds is 12. The van der Waals surface area contributed by atoms with Crippen LogP contribution in [0.2, 0.25) is 0 Å². The van der Waals surface area contributed by atoms with E-state index in [1.54, 1.807) is 4.90 Å². The molecule has 4 atom stereocenters. The maximum Gasteiger partial charge on any atom is 0.246 e. The van der Waals surface area contributed by atoms with Gasteiger partial charge in [0.25, 0.3) is 0 Å². The van der Waals surface area contributed by atoms with E-state index in [9.17, 15) is 4.79 Å². The Morgan fingerprint density at radius 1 is 0.730 bits per heavy atom. The molecular formula is C32H35NO4. The zero-order valence-corrected chi connectivity index (χ0v) is 21.2. The average Bonchev–Trinajstić information content (AvgIpc) is 2.96. The first kappa shape index (κ1) is 26.6. The highest BCUT2D eigenvalue weighted by Gasteiger charge is 2.46. The first-order chi connectivity index (χ1) is 18.2. The molecule has 0 spiro atoms. The summed E-state index contributed by atoms with van der Waals surface area (Å²) in [6.07, 6.45) is 2.52. The Hall–Kier alpha value is -3.51. The summed E-state index contributed by atoms with van der Waals surface area (Å²) in [4.78, 5) is 14.8. The lowest BCUT2D eigenvalue weighted by molar-refractivity contribution is -0.203. The van der Waals surface area contributed by atoms with E-state index in [0.29, 0.717) is 32.8 Å². The van der Waals surface area contributed by atoms with Gasteiger partial charge >= 0.3 is 0 Å². The molecule has 4 rings (SSSR count). The van der Waals surface area contributed by atoms with Gasteiger partial charge in [0, 0.05) is 0 Å². The Morgan fingerprint density at radius 3 is 1.65 bits per heavy atom. The maximum absolute atomic E-state index is 13.0. The van der Waals surface area contributed by atoms with Crippen LogP contribution in [0.3, 0.4) is 0 Å². The second kappa shape index (κ2) is 13.7. The molecule has 0 N–H and O–H groups in total. The molecule has 5 nitrogen and oxygen atoms in total. The van der Waals surface area contributed by atoms with E-state index in [1.807, 2.05) is 97.1 Å². The second-order valence-corrected chi connectivity index (χ2v) is 9.14. The van der Waals surface area contributed by atoms with Crippen LogP contribution in [0.4, 0.5) is 0 Å². The number of hydrogen-bond acceptors (Lipinski definition) is 4. The van der Waals surface area contributed by atoms with Gasteiger partial charge in [-0.3, -0.25) is 4.79 Å². The number of likely N-dealkylation sites (tertiary alicyclic amines) is 1. The van der Waals surface area contributed by atoms with Crippen molar-refractivity contribution >= 4 is 5.91 Å². The smallest absolute Gasteiger partial charge is 0.246 e. The van der Waals surface area contributed by atoms with E-state index >= 15 is 0 Å². The van der Waals surface area contributed by atoms with Crippen LogP contribution in [0, 0.1) is 0 Å². The first-order valence-electron chi connectivity index (χ1n) is 12.7. The number of carbonyl (C=O) groups excluding carboxylic acids is 1. The van der Waals surface area contributed by atoms with Gasteiger partial charge in [-0.05, 0) is 29.2 Å². The van der Waals surface area contributed by atoms with Crippen LogP contribution in [-0.4, -0.2) is 41.7 Å². The number of nitrogens with zero attached hydrogens (tertiary/aromatic N) is 1. The highest BCUT2D eigenvalue weighted by molar-refractivity contribution is 5.87. The second-order valence-electron chi connectivity index (χ2n) is 9.14. The van der Waals surface area contributed by atoms with Crippen LogP contribution in [0.25, 0.3) is 0 Å². The molecule has 1 fully saturated rings. The van der Waals surface area contributed by atoms with Crippen molar-refractivity contribution in [2.75, 3.05) is 6.54 Å². The van der Waals surface area contributed by atoms with Crippen molar-refractivity contribution < 1.29 is 19.0 Å². The molecule has 1 aliphatic heterocycles. The Morgan fingerprint density at radius 2 is 1.19 bits per heavy atom. The van der Waals surface area contributed by atoms with E-state index in [-0.39, 0.29) is 11.9 Å². The number of benzene rings is 3. The van der Waals surface area contributed by atoms with Crippen molar-refractivity contribution in [1.29, 1.82) is 0 Å². The quantitative estimate of drug-likeness (QED) is 0.237. The van der Waals surface area contributed by atoms with Crippen LogP contribution in [0.15, 0.2) is 116 Å². The average molecular weight is 498 g/mol. The predicted molar refractivity (Wildman–Crippen MR) is 146 cm³/mol. The first-order valence-corrected chi connectivity index (χ1v) is 12.7. The molecule has 0 bridgehead atoms. The van der Waals surface area contributed by atoms with Crippen molar-refractivity contribution in [3.63, 3.8) is 0 Å². The minimum absolute atomic E-state index is 0.157. The van der Waals surface area contributed by atoms with Crippen molar-refractivity contribution in [2.24, 2.45) is 0 Å². The van der Waals surface area contributed by atoms with Crippen molar-refractivity contribution in [3.8, 4) is 0 Å². The van der Waals surface area contributed by atoms with E-state index in [1.165, 1.54) is 6.08 Å². The van der Waals surface area contributed by atoms with Crippen LogP contribution in [0.5, 0.6) is 0 Å². The molecule has 1 amide bonds. The van der Waals surface area contributed by atoms with Crippen molar-refractivity contribution in [3.05, 3.63) is 133 Å². The Bertz CT molecular complexity index is 1120. The third-order valence-electron chi connectivity index (χ3n) is 6.59. The van der Waals surface area contributed by atoms with E-state index < -0.39 is 18.3 Å². The summed E-state index contributed by atoms with van der Waals surface area (Å²) in [5.41, 5.74) is 3.17. The Balaban J connectivity index is 1.63. The molecule has 5 heteroatoms. The van der Waals surface area contributed by atoms with Crippen molar-refractivity contribution in [1.82, 2.24) is 4.90 Å². The number of amides is 1. The topological polar surface area (TPSA) is 48.0 Å². The fourth-order valence-corrected chi connectivity index (χ4v) is 4.71. The lowest BCUT2D eigenvalue weighted by Crippen LogP contribution is -2.64. The lowest BCUT2D eigenvalue weighted by Gasteiger charge is -2.48. The largest absolute Gasteiger partial charge is 0.369 e. The zero-order chi connectivity index (χ0) is 25.9. The number of ether oxygens (including phenoxy) is 3. The molecular weight excluding hydrogens is 462 g/mol. The molecule has 0 unspecified atom stereocenters. The molecule has 0 radical (unpaired) electrons. The molecule has 0 aromatic heterocycles. The summed E-state index contributed by atoms with van der Waals surface area (Å²) in [5, 5.41) is 0. The molecule has 0 saturated carbocycles. The van der Waals surface area contributed by atoms with E-state index in [4.69, 9.17) is 14.2 Å². The van der Waals surface area contributed by atoms with Gasteiger partial charge in [0.1, 0.15) is 18.3 Å². The molecule has 1 aliphatic rings. The maximum atomic E-state index is 13.0. The van der Waals surface area contributed by atoms with Gasteiger partial charge in [-0.25, -0.2) is 0 Å². The van der Waals surface area contributed by atoms with Gasteiger partial charge in [-0.2, -0.15) is 0 Å². The van der Waals surface area contributed by atoms with Crippen LogP contribution in [0.1, 0.15) is 23.1 Å². The zero-order valence-electron chi connectivity index (χ0n) is 21.2. The molecule has 192 valence electrons. The summed E-state index contributed by atoms with van der Waals surface area (Å²) in [7, 11) is 0. The van der Waals surface area contributed by atoms with E-state index in [0.717, 1.165) is 16.7 Å². The number of carbonyl (C=O) groups is 1. The van der Waals surface area contributed by atoms with Gasteiger partial charge in [0.15, 0.2) is 0 Å². The number of hydrogen-bond donors (Lipinski definition) is 0. The fourth-order valence-electron chi connectivity index (χ4n) is 4.71. The third kappa shape index (κ3) is 7.26. The van der Waals surface area contributed by atoms with Gasteiger partial charge < -0.3 is 19.1 Å². The van der Waals surface area contributed by atoms with Crippen LogP contribution in [-0.2, 0) is 38.8 Å². The summed E-state index contributed by atoms with van der Waals surface area (Å²) < 4.78 is 19.6. The molecule has 3 aromatic rings. The van der Waals surface area contributed by atoms with Gasteiger partial charge in [0.05, 0.1) is 32.4 Å². The highest BCUT2D eigenvalue weighted by atomic mass is 16.6.